The summed E-state index contributed by atoms with van der Waals surface area (Å²) in [5.74, 6) is 0.566. The minimum atomic E-state index is -3.03. The maximum Gasteiger partial charge on any atom is 0.211 e. The molecule has 0 radical (unpaired) electrons. The van der Waals surface area contributed by atoms with Crippen molar-refractivity contribution < 1.29 is 8.42 Å². The third-order valence-corrected chi connectivity index (χ3v) is 4.77. The van der Waals surface area contributed by atoms with Crippen LogP contribution < -0.4 is 0 Å². The highest BCUT2D eigenvalue weighted by atomic mass is 32.2. The maximum absolute atomic E-state index is 11.4. The molecule has 0 saturated carbocycles. The Labute approximate surface area is 94.9 Å². The first-order valence-corrected chi connectivity index (χ1v) is 7.41. The van der Waals surface area contributed by atoms with Crippen LogP contribution in [0.3, 0.4) is 0 Å². The molecule has 15 heavy (non-hydrogen) atoms. The molecule has 92 valence electrons. The summed E-state index contributed by atoms with van der Waals surface area (Å²) in [7, 11) is -3.03. The molecular formula is C11H25NO2S. The molecule has 0 spiro atoms. The number of rotatable bonds is 6. The molecule has 0 saturated heterocycles. The lowest BCUT2D eigenvalue weighted by atomic mass is 9.78. The predicted octanol–water partition coefficient (Wildman–Crippen LogP) is 2.34. The molecule has 0 aliphatic heterocycles. The Morgan fingerprint density at radius 3 is 2.00 bits per heavy atom. The second-order valence-corrected chi connectivity index (χ2v) is 7.13. The van der Waals surface area contributed by atoms with Crippen molar-refractivity contribution in [1.29, 1.82) is 0 Å². The molecule has 0 atom stereocenters. The van der Waals surface area contributed by atoms with Gasteiger partial charge in [0.1, 0.15) is 0 Å². The van der Waals surface area contributed by atoms with Gasteiger partial charge in [0.2, 0.25) is 10.0 Å². The smallest absolute Gasteiger partial charge is 0.211 e. The topological polar surface area (TPSA) is 37.4 Å². The van der Waals surface area contributed by atoms with Crippen LogP contribution in [0.25, 0.3) is 0 Å². The Balaban J connectivity index is 4.37. The van der Waals surface area contributed by atoms with Gasteiger partial charge in [0.25, 0.3) is 0 Å². The first-order chi connectivity index (χ1) is 6.61. The van der Waals surface area contributed by atoms with Crippen LogP contribution in [-0.4, -0.2) is 32.1 Å². The van der Waals surface area contributed by atoms with Crippen molar-refractivity contribution in [3.63, 3.8) is 0 Å². The fourth-order valence-corrected chi connectivity index (χ4v) is 2.15. The van der Waals surface area contributed by atoms with Gasteiger partial charge in [0.15, 0.2) is 0 Å². The molecule has 4 heteroatoms. The quantitative estimate of drug-likeness (QED) is 0.708. The zero-order chi connectivity index (χ0) is 12.3. The van der Waals surface area contributed by atoms with Crippen LogP contribution in [-0.2, 0) is 10.0 Å². The molecular weight excluding hydrogens is 210 g/mol. The third-order valence-electron chi connectivity index (χ3n) is 3.39. The number of nitrogens with zero attached hydrogens (tertiary/aromatic N) is 1. The lowest BCUT2D eigenvalue weighted by molar-refractivity contribution is 0.210. The zero-order valence-electron chi connectivity index (χ0n) is 10.9. The van der Waals surface area contributed by atoms with Crippen molar-refractivity contribution in [2.75, 3.05) is 19.3 Å². The first kappa shape index (κ1) is 14.9. The highest BCUT2D eigenvalue weighted by Crippen LogP contribution is 2.30. The molecule has 0 bridgehead atoms. The van der Waals surface area contributed by atoms with Crippen LogP contribution in [0.4, 0.5) is 0 Å². The van der Waals surface area contributed by atoms with Gasteiger partial charge >= 0.3 is 0 Å². The van der Waals surface area contributed by atoms with Crippen molar-refractivity contribution in [2.24, 2.45) is 11.3 Å². The summed E-state index contributed by atoms with van der Waals surface area (Å²) in [6.07, 6.45) is 2.18. The number of hydrogen-bond donors (Lipinski definition) is 0. The molecule has 0 rings (SSSR count). The van der Waals surface area contributed by atoms with E-state index < -0.39 is 10.0 Å². The fraction of sp³-hybridized carbons (Fsp3) is 1.00. The Hall–Kier alpha value is -0.0900. The average Bonchev–Trinajstić information content (AvgIpc) is 2.02. The van der Waals surface area contributed by atoms with E-state index in [0.717, 1.165) is 6.42 Å². The van der Waals surface area contributed by atoms with Gasteiger partial charge < -0.3 is 0 Å². The highest BCUT2D eigenvalue weighted by Gasteiger charge is 2.24. The third kappa shape index (κ3) is 4.98. The molecule has 0 N–H and O–H groups in total. The first-order valence-electron chi connectivity index (χ1n) is 5.56. The minimum absolute atomic E-state index is 0.193. The Kier molecular flexibility index (Phi) is 5.27. The van der Waals surface area contributed by atoms with E-state index in [1.807, 2.05) is 6.92 Å². The molecule has 0 aromatic carbocycles. The van der Waals surface area contributed by atoms with E-state index in [-0.39, 0.29) is 5.41 Å². The lowest BCUT2D eigenvalue weighted by Crippen LogP contribution is -2.34. The Morgan fingerprint density at radius 1 is 1.27 bits per heavy atom. The van der Waals surface area contributed by atoms with Crippen molar-refractivity contribution in [1.82, 2.24) is 4.31 Å². The largest absolute Gasteiger partial charge is 0.213 e. The molecule has 0 aromatic heterocycles. The van der Waals surface area contributed by atoms with E-state index in [2.05, 4.69) is 27.7 Å². The normalized spacial score (nSPS) is 13.9. The van der Waals surface area contributed by atoms with Crippen LogP contribution in [0, 0.1) is 11.3 Å². The van der Waals surface area contributed by atoms with Gasteiger partial charge in [-0.2, -0.15) is 0 Å². The van der Waals surface area contributed by atoms with Crippen molar-refractivity contribution >= 4 is 10.0 Å². The van der Waals surface area contributed by atoms with Gasteiger partial charge in [-0.05, 0) is 17.8 Å². The number of sulfonamides is 1. The van der Waals surface area contributed by atoms with Gasteiger partial charge in [-0.3, -0.25) is 0 Å². The monoisotopic (exact) mass is 235 g/mol. The molecule has 0 fully saturated rings. The fourth-order valence-electron chi connectivity index (χ4n) is 1.26. The molecule has 0 heterocycles. The molecule has 0 amide bonds. The van der Waals surface area contributed by atoms with Gasteiger partial charge in [-0.1, -0.05) is 34.6 Å². The summed E-state index contributed by atoms with van der Waals surface area (Å²) in [5, 5.41) is 0. The molecule has 3 nitrogen and oxygen atoms in total. The lowest BCUT2D eigenvalue weighted by Gasteiger charge is -2.31. The Bertz CT molecular complexity index is 281. The van der Waals surface area contributed by atoms with Crippen molar-refractivity contribution in [3.05, 3.63) is 0 Å². The highest BCUT2D eigenvalue weighted by molar-refractivity contribution is 7.88. The standard InChI is InChI=1S/C11H25NO2S/c1-7-12(15(6,13)14)9-8-11(4,5)10(2)3/h10H,7-9H2,1-6H3. The molecule has 0 aliphatic rings. The van der Waals surface area contributed by atoms with E-state index >= 15 is 0 Å². The molecule has 0 unspecified atom stereocenters. The van der Waals surface area contributed by atoms with Crippen LogP contribution in [0.5, 0.6) is 0 Å². The predicted molar refractivity (Wildman–Crippen MR) is 65.3 cm³/mol. The van der Waals surface area contributed by atoms with E-state index in [1.54, 1.807) is 0 Å². The van der Waals surface area contributed by atoms with Crippen molar-refractivity contribution in [3.8, 4) is 0 Å². The SMILES string of the molecule is CCN(CCC(C)(C)C(C)C)S(C)(=O)=O. The summed E-state index contributed by atoms with van der Waals surface area (Å²) in [6.45, 7) is 11.8. The summed E-state index contributed by atoms with van der Waals surface area (Å²) in [4.78, 5) is 0. The molecule has 0 aliphatic carbocycles. The summed E-state index contributed by atoms with van der Waals surface area (Å²) < 4.78 is 24.3. The van der Waals surface area contributed by atoms with Crippen molar-refractivity contribution in [2.45, 2.75) is 41.0 Å². The van der Waals surface area contributed by atoms with Gasteiger partial charge in [0.05, 0.1) is 6.26 Å². The Morgan fingerprint density at radius 2 is 1.73 bits per heavy atom. The van der Waals surface area contributed by atoms with E-state index in [9.17, 15) is 8.42 Å². The van der Waals surface area contributed by atoms with Gasteiger partial charge in [0, 0.05) is 13.1 Å². The average molecular weight is 235 g/mol. The van der Waals surface area contributed by atoms with E-state index in [0.29, 0.717) is 19.0 Å². The van der Waals surface area contributed by atoms with E-state index in [1.165, 1.54) is 10.6 Å². The van der Waals surface area contributed by atoms with Gasteiger partial charge in [-0.15, -0.1) is 0 Å². The van der Waals surface area contributed by atoms with Crippen LogP contribution >= 0.6 is 0 Å². The summed E-state index contributed by atoms with van der Waals surface area (Å²) in [6, 6.07) is 0. The van der Waals surface area contributed by atoms with Crippen LogP contribution in [0.2, 0.25) is 0 Å². The second-order valence-electron chi connectivity index (χ2n) is 5.15. The zero-order valence-corrected chi connectivity index (χ0v) is 11.7. The second kappa shape index (κ2) is 5.30. The maximum atomic E-state index is 11.4. The van der Waals surface area contributed by atoms with E-state index in [4.69, 9.17) is 0 Å². The minimum Gasteiger partial charge on any atom is -0.213 e. The van der Waals surface area contributed by atoms with Crippen LogP contribution in [0.15, 0.2) is 0 Å². The number of hydrogen-bond acceptors (Lipinski definition) is 2. The summed E-state index contributed by atoms with van der Waals surface area (Å²) in [5.41, 5.74) is 0.193. The summed E-state index contributed by atoms with van der Waals surface area (Å²) >= 11 is 0. The van der Waals surface area contributed by atoms with Crippen LogP contribution in [0.1, 0.15) is 41.0 Å². The van der Waals surface area contributed by atoms with Gasteiger partial charge in [-0.25, -0.2) is 12.7 Å². The molecule has 0 aromatic rings.